The van der Waals surface area contributed by atoms with Crippen molar-refractivity contribution in [3.05, 3.63) is 0 Å². The molecule has 1 rings (SSSR count). The smallest absolute Gasteiger partial charge is 0.320 e. The number of hydrogen-bond acceptors (Lipinski definition) is 1. The van der Waals surface area contributed by atoms with Crippen LogP contribution < -0.4 is 5.73 Å². The fourth-order valence-electron chi connectivity index (χ4n) is 2.06. The number of halogens is 3. The normalized spacial score (nSPS) is 31.5. The molecule has 14 heavy (non-hydrogen) atoms. The van der Waals surface area contributed by atoms with Crippen LogP contribution in [0.15, 0.2) is 0 Å². The van der Waals surface area contributed by atoms with Gasteiger partial charge in [0.05, 0.1) is 0 Å². The first kappa shape index (κ1) is 11.8. The van der Waals surface area contributed by atoms with E-state index in [1.807, 2.05) is 0 Å². The molecule has 84 valence electrons. The maximum Gasteiger partial charge on any atom is 0.403 e. The third kappa shape index (κ3) is 3.48. The second-order valence-corrected chi connectivity index (χ2v) is 4.51. The van der Waals surface area contributed by atoms with Crippen molar-refractivity contribution in [3.63, 3.8) is 0 Å². The van der Waals surface area contributed by atoms with Gasteiger partial charge in [-0.15, -0.1) is 0 Å². The van der Waals surface area contributed by atoms with E-state index >= 15 is 0 Å². The lowest BCUT2D eigenvalue weighted by molar-refractivity contribution is -0.151. The van der Waals surface area contributed by atoms with E-state index in [1.165, 1.54) is 0 Å². The zero-order chi connectivity index (χ0) is 10.8. The summed E-state index contributed by atoms with van der Waals surface area (Å²) in [5.74, 6) is 0.858. The molecule has 0 heterocycles. The average molecular weight is 209 g/mol. The molecule has 0 aromatic carbocycles. The quantitative estimate of drug-likeness (QED) is 0.743. The van der Waals surface area contributed by atoms with Crippen molar-refractivity contribution >= 4 is 0 Å². The molecular formula is C10H18F3N. The van der Waals surface area contributed by atoms with E-state index in [0.717, 1.165) is 25.7 Å². The van der Waals surface area contributed by atoms with Crippen LogP contribution in [0.1, 0.15) is 39.0 Å². The standard InChI is InChI=1S/C10H18F3N/c1-7-2-4-8(5-3-7)6-9(14)10(11,12)13/h7-9H,2-6,14H2,1H3. The maximum absolute atomic E-state index is 12.2. The second kappa shape index (κ2) is 4.51. The largest absolute Gasteiger partial charge is 0.403 e. The van der Waals surface area contributed by atoms with Gasteiger partial charge in [-0.05, 0) is 18.3 Å². The van der Waals surface area contributed by atoms with Crippen molar-refractivity contribution in [3.8, 4) is 0 Å². The lowest BCUT2D eigenvalue weighted by atomic mass is 9.80. The zero-order valence-corrected chi connectivity index (χ0v) is 8.48. The summed E-state index contributed by atoms with van der Waals surface area (Å²) in [5, 5.41) is 0. The number of nitrogens with two attached hydrogens (primary N) is 1. The highest BCUT2D eigenvalue weighted by Crippen LogP contribution is 2.33. The molecule has 0 saturated heterocycles. The molecule has 1 saturated carbocycles. The van der Waals surface area contributed by atoms with E-state index in [4.69, 9.17) is 5.73 Å². The summed E-state index contributed by atoms with van der Waals surface area (Å²) in [6, 6.07) is -1.62. The molecule has 1 nitrogen and oxygen atoms in total. The summed E-state index contributed by atoms with van der Waals surface area (Å²) in [6.45, 7) is 2.15. The first-order valence-corrected chi connectivity index (χ1v) is 5.22. The molecule has 2 N–H and O–H groups in total. The highest BCUT2D eigenvalue weighted by atomic mass is 19.4. The van der Waals surface area contributed by atoms with Gasteiger partial charge >= 0.3 is 6.18 Å². The lowest BCUT2D eigenvalue weighted by Crippen LogP contribution is -2.39. The second-order valence-electron chi connectivity index (χ2n) is 4.51. The first-order chi connectivity index (χ1) is 6.39. The minimum atomic E-state index is -4.22. The van der Waals surface area contributed by atoms with Crippen LogP contribution in [0.2, 0.25) is 0 Å². The summed E-state index contributed by atoms with van der Waals surface area (Å²) in [4.78, 5) is 0. The molecule has 4 heteroatoms. The van der Waals surface area contributed by atoms with Gasteiger partial charge in [-0.25, -0.2) is 0 Å². The van der Waals surface area contributed by atoms with Gasteiger partial charge in [-0.3, -0.25) is 0 Å². The van der Waals surface area contributed by atoms with Crippen LogP contribution in [-0.4, -0.2) is 12.2 Å². The summed E-state index contributed by atoms with van der Waals surface area (Å²) in [6.07, 6.45) is -0.195. The van der Waals surface area contributed by atoms with Crippen molar-refractivity contribution in [2.45, 2.75) is 51.2 Å². The van der Waals surface area contributed by atoms with Crippen molar-refractivity contribution in [1.29, 1.82) is 0 Å². The molecule has 1 fully saturated rings. The fraction of sp³-hybridized carbons (Fsp3) is 1.00. The Balaban J connectivity index is 2.31. The SMILES string of the molecule is CC1CCC(CC(N)C(F)(F)F)CC1. The topological polar surface area (TPSA) is 26.0 Å². The highest BCUT2D eigenvalue weighted by molar-refractivity contribution is 4.78. The van der Waals surface area contributed by atoms with Gasteiger partial charge in [0, 0.05) is 0 Å². The highest BCUT2D eigenvalue weighted by Gasteiger charge is 2.38. The lowest BCUT2D eigenvalue weighted by Gasteiger charge is -2.28. The molecular weight excluding hydrogens is 191 g/mol. The fourth-order valence-corrected chi connectivity index (χ4v) is 2.06. The van der Waals surface area contributed by atoms with E-state index in [-0.39, 0.29) is 12.3 Å². The van der Waals surface area contributed by atoms with Crippen LogP contribution >= 0.6 is 0 Å². The summed E-state index contributed by atoms with van der Waals surface area (Å²) in [7, 11) is 0. The Kier molecular flexibility index (Phi) is 3.81. The van der Waals surface area contributed by atoms with Gasteiger partial charge in [-0.2, -0.15) is 13.2 Å². The Hall–Kier alpha value is -0.250. The van der Waals surface area contributed by atoms with Gasteiger partial charge in [0.2, 0.25) is 0 Å². The Morgan fingerprint density at radius 2 is 1.71 bits per heavy atom. The predicted molar refractivity (Wildman–Crippen MR) is 49.8 cm³/mol. The number of hydrogen-bond donors (Lipinski definition) is 1. The van der Waals surface area contributed by atoms with Crippen molar-refractivity contribution in [2.75, 3.05) is 0 Å². The van der Waals surface area contributed by atoms with Gasteiger partial charge in [0.25, 0.3) is 0 Å². The summed E-state index contributed by atoms with van der Waals surface area (Å²) < 4.78 is 36.5. The molecule has 1 aliphatic carbocycles. The van der Waals surface area contributed by atoms with E-state index in [2.05, 4.69) is 6.92 Å². The van der Waals surface area contributed by atoms with Crippen LogP contribution in [0.4, 0.5) is 13.2 Å². The minimum Gasteiger partial charge on any atom is -0.320 e. The van der Waals surface area contributed by atoms with Crippen LogP contribution in [0, 0.1) is 11.8 Å². The van der Waals surface area contributed by atoms with Crippen LogP contribution in [0.5, 0.6) is 0 Å². The minimum absolute atomic E-state index is 0.107. The van der Waals surface area contributed by atoms with Gasteiger partial charge < -0.3 is 5.73 Å². The Bertz CT molecular complexity index is 171. The van der Waals surface area contributed by atoms with Crippen LogP contribution in [0.25, 0.3) is 0 Å². The molecule has 0 amide bonds. The van der Waals surface area contributed by atoms with Gasteiger partial charge in [-0.1, -0.05) is 32.6 Å². The summed E-state index contributed by atoms with van der Waals surface area (Å²) in [5.41, 5.74) is 5.09. The molecule has 0 bridgehead atoms. The average Bonchev–Trinajstić information content (AvgIpc) is 2.07. The van der Waals surface area contributed by atoms with Crippen molar-refractivity contribution in [2.24, 2.45) is 17.6 Å². The third-order valence-corrected chi connectivity index (χ3v) is 3.14. The first-order valence-electron chi connectivity index (χ1n) is 5.22. The molecule has 1 atom stereocenters. The molecule has 1 unspecified atom stereocenters. The molecule has 0 spiro atoms. The Labute approximate surface area is 82.9 Å². The maximum atomic E-state index is 12.2. The van der Waals surface area contributed by atoms with Gasteiger partial charge in [0.1, 0.15) is 6.04 Å². The zero-order valence-electron chi connectivity index (χ0n) is 8.48. The number of alkyl halides is 3. The number of rotatable bonds is 2. The van der Waals surface area contributed by atoms with Crippen LogP contribution in [-0.2, 0) is 0 Å². The molecule has 0 aromatic heterocycles. The molecule has 0 aromatic rings. The van der Waals surface area contributed by atoms with Crippen LogP contribution in [0.3, 0.4) is 0 Å². The third-order valence-electron chi connectivity index (χ3n) is 3.14. The Morgan fingerprint density at radius 1 is 1.21 bits per heavy atom. The van der Waals surface area contributed by atoms with Crippen molar-refractivity contribution in [1.82, 2.24) is 0 Å². The van der Waals surface area contributed by atoms with E-state index in [0.29, 0.717) is 5.92 Å². The molecule has 1 aliphatic rings. The Morgan fingerprint density at radius 3 is 2.14 bits per heavy atom. The van der Waals surface area contributed by atoms with E-state index in [1.54, 1.807) is 0 Å². The van der Waals surface area contributed by atoms with Crippen molar-refractivity contribution < 1.29 is 13.2 Å². The van der Waals surface area contributed by atoms with E-state index in [9.17, 15) is 13.2 Å². The molecule has 0 aliphatic heterocycles. The summed E-state index contributed by atoms with van der Waals surface area (Å²) >= 11 is 0. The monoisotopic (exact) mass is 209 g/mol. The predicted octanol–water partition coefficient (Wildman–Crippen LogP) is 3.09. The van der Waals surface area contributed by atoms with Gasteiger partial charge in [0.15, 0.2) is 0 Å². The molecule has 0 radical (unpaired) electrons. The van der Waals surface area contributed by atoms with E-state index < -0.39 is 12.2 Å².